The van der Waals surface area contributed by atoms with Gasteiger partial charge in [-0.05, 0) is 43.9 Å². The summed E-state index contributed by atoms with van der Waals surface area (Å²) in [5.41, 5.74) is 1.12. The van der Waals surface area contributed by atoms with E-state index in [1.807, 2.05) is 35.0 Å². The number of piperidine rings is 1. The SMILES string of the molecule is CCOC(=O)N1CCC(C(=O)c2nccn2CCc2cccc(Cl)c2)CC1. The predicted molar refractivity (Wildman–Crippen MR) is 103 cm³/mol. The highest BCUT2D eigenvalue weighted by Gasteiger charge is 2.30. The number of likely N-dealkylation sites (tertiary alicyclic amines) is 1. The van der Waals surface area contributed by atoms with Crippen molar-refractivity contribution in [2.24, 2.45) is 5.92 Å². The molecule has 1 saturated heterocycles. The summed E-state index contributed by atoms with van der Waals surface area (Å²) in [4.78, 5) is 30.7. The molecule has 0 spiro atoms. The molecule has 1 aromatic carbocycles. The van der Waals surface area contributed by atoms with Crippen molar-refractivity contribution >= 4 is 23.5 Å². The summed E-state index contributed by atoms with van der Waals surface area (Å²) in [5, 5.41) is 0.711. The highest BCUT2D eigenvalue weighted by molar-refractivity contribution is 6.30. The number of rotatable bonds is 6. The van der Waals surface area contributed by atoms with Crippen molar-refractivity contribution in [2.75, 3.05) is 19.7 Å². The zero-order chi connectivity index (χ0) is 19.2. The maximum atomic E-state index is 12.9. The van der Waals surface area contributed by atoms with E-state index in [1.54, 1.807) is 18.0 Å². The summed E-state index contributed by atoms with van der Waals surface area (Å²) < 4.78 is 6.93. The number of hydrogen-bond acceptors (Lipinski definition) is 4. The lowest BCUT2D eigenvalue weighted by Crippen LogP contribution is -2.41. The van der Waals surface area contributed by atoms with Crippen LogP contribution in [0.2, 0.25) is 5.02 Å². The molecule has 1 aliphatic rings. The minimum Gasteiger partial charge on any atom is -0.450 e. The fraction of sp³-hybridized carbons (Fsp3) is 0.450. The number of amides is 1. The van der Waals surface area contributed by atoms with E-state index in [0.29, 0.717) is 49.9 Å². The zero-order valence-corrected chi connectivity index (χ0v) is 16.2. The van der Waals surface area contributed by atoms with Crippen LogP contribution in [-0.4, -0.2) is 46.0 Å². The van der Waals surface area contributed by atoms with Gasteiger partial charge in [-0.15, -0.1) is 0 Å². The second-order valence-electron chi connectivity index (χ2n) is 6.65. The van der Waals surface area contributed by atoms with Gasteiger partial charge < -0.3 is 14.2 Å². The van der Waals surface area contributed by atoms with Crippen molar-refractivity contribution in [3.05, 3.63) is 53.1 Å². The summed E-state index contributed by atoms with van der Waals surface area (Å²) in [6.07, 6.45) is 5.26. The van der Waals surface area contributed by atoms with Gasteiger partial charge in [-0.25, -0.2) is 9.78 Å². The molecular formula is C20H24ClN3O3. The van der Waals surface area contributed by atoms with Gasteiger partial charge in [0, 0.05) is 43.0 Å². The Morgan fingerprint density at radius 1 is 1.30 bits per heavy atom. The molecule has 6 nitrogen and oxygen atoms in total. The van der Waals surface area contributed by atoms with Gasteiger partial charge in [0.05, 0.1) is 6.61 Å². The molecule has 3 rings (SSSR count). The number of hydrogen-bond donors (Lipinski definition) is 0. The third-order valence-electron chi connectivity index (χ3n) is 4.86. The number of carbonyl (C=O) groups is 2. The number of Topliss-reactive ketones (excluding diaryl/α,β-unsaturated/α-hetero) is 1. The molecule has 1 aromatic heterocycles. The van der Waals surface area contributed by atoms with Crippen molar-refractivity contribution in [1.29, 1.82) is 0 Å². The normalized spacial score (nSPS) is 15.0. The maximum absolute atomic E-state index is 12.9. The maximum Gasteiger partial charge on any atom is 0.409 e. The second-order valence-corrected chi connectivity index (χ2v) is 7.09. The van der Waals surface area contributed by atoms with Crippen LogP contribution in [0.15, 0.2) is 36.7 Å². The standard InChI is InChI=1S/C20H24ClN3O3/c1-2-27-20(26)24-11-7-16(8-12-24)18(25)19-22-9-13-23(19)10-6-15-4-3-5-17(21)14-15/h3-5,9,13-14,16H,2,6-8,10-12H2,1H3. The summed E-state index contributed by atoms with van der Waals surface area (Å²) >= 11 is 6.03. The summed E-state index contributed by atoms with van der Waals surface area (Å²) in [5.74, 6) is 0.434. The molecule has 1 fully saturated rings. The highest BCUT2D eigenvalue weighted by atomic mass is 35.5. The van der Waals surface area contributed by atoms with Crippen LogP contribution >= 0.6 is 11.6 Å². The first-order valence-electron chi connectivity index (χ1n) is 9.30. The fourth-order valence-electron chi connectivity index (χ4n) is 3.38. The Morgan fingerprint density at radius 2 is 2.07 bits per heavy atom. The molecule has 0 saturated carbocycles. The molecule has 1 aliphatic heterocycles. The Hall–Kier alpha value is -2.34. The Labute approximate surface area is 164 Å². The topological polar surface area (TPSA) is 64.4 Å². The molecule has 27 heavy (non-hydrogen) atoms. The van der Waals surface area contributed by atoms with Crippen molar-refractivity contribution in [3.63, 3.8) is 0 Å². The van der Waals surface area contributed by atoms with Gasteiger partial charge in [0.25, 0.3) is 0 Å². The molecule has 144 valence electrons. The molecule has 1 amide bonds. The number of aromatic nitrogens is 2. The van der Waals surface area contributed by atoms with E-state index in [1.165, 1.54) is 0 Å². The van der Waals surface area contributed by atoms with Crippen molar-refractivity contribution in [1.82, 2.24) is 14.5 Å². The van der Waals surface area contributed by atoms with Crippen LogP contribution < -0.4 is 0 Å². The Bertz CT molecular complexity index is 797. The third kappa shape index (κ3) is 4.89. The van der Waals surface area contributed by atoms with Crippen LogP contribution in [0.25, 0.3) is 0 Å². The lowest BCUT2D eigenvalue weighted by Gasteiger charge is -2.30. The van der Waals surface area contributed by atoms with Crippen LogP contribution in [0.5, 0.6) is 0 Å². The van der Waals surface area contributed by atoms with E-state index in [4.69, 9.17) is 16.3 Å². The smallest absolute Gasteiger partial charge is 0.409 e. The zero-order valence-electron chi connectivity index (χ0n) is 15.4. The lowest BCUT2D eigenvalue weighted by molar-refractivity contribution is 0.0743. The van der Waals surface area contributed by atoms with E-state index in [2.05, 4.69) is 4.98 Å². The predicted octanol–water partition coefficient (Wildman–Crippen LogP) is 3.83. The van der Waals surface area contributed by atoms with Gasteiger partial charge in [0.2, 0.25) is 5.78 Å². The molecular weight excluding hydrogens is 366 g/mol. The first-order valence-corrected chi connectivity index (χ1v) is 9.67. The van der Waals surface area contributed by atoms with Crippen LogP contribution in [0.1, 0.15) is 35.9 Å². The monoisotopic (exact) mass is 389 g/mol. The van der Waals surface area contributed by atoms with E-state index in [9.17, 15) is 9.59 Å². The summed E-state index contributed by atoms with van der Waals surface area (Å²) in [7, 11) is 0. The molecule has 0 radical (unpaired) electrons. The van der Waals surface area contributed by atoms with Crippen LogP contribution in [0.4, 0.5) is 4.79 Å². The van der Waals surface area contributed by atoms with Gasteiger partial charge in [-0.1, -0.05) is 23.7 Å². The van der Waals surface area contributed by atoms with E-state index < -0.39 is 0 Å². The quantitative estimate of drug-likeness (QED) is 0.704. The van der Waals surface area contributed by atoms with Gasteiger partial charge >= 0.3 is 6.09 Å². The minimum absolute atomic E-state index is 0.0506. The van der Waals surface area contributed by atoms with E-state index in [-0.39, 0.29) is 17.8 Å². The van der Waals surface area contributed by atoms with E-state index in [0.717, 1.165) is 12.0 Å². The van der Waals surface area contributed by atoms with Crippen LogP contribution in [0.3, 0.4) is 0 Å². The summed E-state index contributed by atoms with van der Waals surface area (Å²) in [6, 6.07) is 7.73. The molecule has 0 N–H and O–H groups in total. The minimum atomic E-state index is -0.300. The number of imidazole rings is 1. The average Bonchev–Trinajstić information content (AvgIpc) is 3.15. The van der Waals surface area contributed by atoms with Crippen molar-refractivity contribution in [3.8, 4) is 0 Å². The van der Waals surface area contributed by atoms with Gasteiger partial charge in [-0.2, -0.15) is 0 Å². The first-order chi connectivity index (χ1) is 13.1. The number of ether oxygens (including phenoxy) is 1. The number of nitrogens with zero attached hydrogens (tertiary/aromatic N) is 3. The summed E-state index contributed by atoms with van der Waals surface area (Å²) in [6.45, 7) is 3.90. The average molecular weight is 390 g/mol. The van der Waals surface area contributed by atoms with Crippen LogP contribution in [0, 0.1) is 5.92 Å². The Kier molecular flexibility index (Phi) is 6.50. The third-order valence-corrected chi connectivity index (χ3v) is 5.09. The first kappa shape index (κ1) is 19.4. The van der Waals surface area contributed by atoms with Gasteiger partial charge in [-0.3, -0.25) is 4.79 Å². The van der Waals surface area contributed by atoms with E-state index >= 15 is 0 Å². The number of aryl methyl sites for hydroxylation is 2. The highest BCUT2D eigenvalue weighted by Crippen LogP contribution is 2.22. The molecule has 2 heterocycles. The fourth-order valence-corrected chi connectivity index (χ4v) is 3.59. The number of carbonyl (C=O) groups excluding carboxylic acids is 2. The molecule has 2 aromatic rings. The molecule has 0 unspecified atom stereocenters. The number of ketones is 1. The lowest BCUT2D eigenvalue weighted by atomic mass is 9.92. The van der Waals surface area contributed by atoms with Gasteiger partial charge in [0.15, 0.2) is 5.82 Å². The molecule has 7 heteroatoms. The molecule has 0 bridgehead atoms. The Balaban J connectivity index is 1.58. The number of benzene rings is 1. The van der Waals surface area contributed by atoms with Crippen molar-refractivity contribution < 1.29 is 14.3 Å². The largest absolute Gasteiger partial charge is 0.450 e. The second kappa shape index (κ2) is 9.04. The molecule has 0 aliphatic carbocycles. The van der Waals surface area contributed by atoms with Crippen LogP contribution in [-0.2, 0) is 17.7 Å². The molecule has 0 atom stereocenters. The Morgan fingerprint density at radius 3 is 2.78 bits per heavy atom. The number of halogens is 1. The van der Waals surface area contributed by atoms with Gasteiger partial charge in [0.1, 0.15) is 0 Å². The van der Waals surface area contributed by atoms with Crippen molar-refractivity contribution in [2.45, 2.75) is 32.7 Å².